The lowest BCUT2D eigenvalue weighted by Crippen LogP contribution is -2.59. The Balaban J connectivity index is 0.833. The average Bonchev–Trinajstić information content (AvgIpc) is 3.48. The number of hydrogen-bond donors (Lipinski definition) is 10. The largest absolute Gasteiger partial charge is 0.379 e. The third kappa shape index (κ3) is 20.0. The highest BCUT2D eigenvalue weighted by Gasteiger charge is 2.39. The van der Waals surface area contributed by atoms with Crippen LogP contribution in [0.3, 0.4) is 0 Å². The molecule has 2 saturated heterocycles. The molecule has 4 aromatic rings. The fourth-order valence-electron chi connectivity index (χ4n) is 8.42. The fourth-order valence-corrected chi connectivity index (χ4v) is 9.10. The van der Waals surface area contributed by atoms with Crippen LogP contribution in [0.15, 0.2) is 85.5 Å². The summed E-state index contributed by atoms with van der Waals surface area (Å²) in [5, 5.41) is 14.2. The summed E-state index contributed by atoms with van der Waals surface area (Å²) in [6, 6.07) is 17.5. The lowest BCUT2D eigenvalue weighted by atomic mass is 10.0. The molecular weight excluding hydrogens is 1060 g/mol. The number of thioether (sulfide) groups is 1. The lowest BCUT2D eigenvalue weighted by Gasteiger charge is -2.26. The first-order valence-corrected chi connectivity index (χ1v) is 28.4. The molecule has 0 radical (unpaired) electrons. The molecule has 10 N–H and O–H groups in total. The van der Waals surface area contributed by atoms with Gasteiger partial charge in [-0.05, 0) is 99.4 Å². The maximum atomic E-state index is 13.6. The van der Waals surface area contributed by atoms with Crippen LogP contribution in [0.4, 0.5) is 22.7 Å². The number of morpholine rings is 2. The molecule has 2 aliphatic heterocycles. The molecule has 2 aliphatic rings. The summed E-state index contributed by atoms with van der Waals surface area (Å²) in [5.74, 6) is -2.56. The van der Waals surface area contributed by atoms with Gasteiger partial charge in [-0.1, -0.05) is 0 Å². The van der Waals surface area contributed by atoms with Gasteiger partial charge in [-0.3, -0.25) is 69.9 Å². The van der Waals surface area contributed by atoms with E-state index in [1.807, 2.05) is 49.9 Å². The molecular formula is C56H80N14O10S+2. The van der Waals surface area contributed by atoms with E-state index >= 15 is 0 Å². The number of amides is 7. The number of aromatic nitrogens is 2. The summed E-state index contributed by atoms with van der Waals surface area (Å²) in [7, 11) is 0. The normalized spacial score (nSPS) is 14.0. The third-order valence-electron chi connectivity index (χ3n) is 13.6. The smallest absolute Gasteiger partial charge is 0.327 e. The zero-order valence-corrected chi connectivity index (χ0v) is 48.1. The number of nitrogens with zero attached hydrogens (tertiary/aromatic N) is 4. The second kappa shape index (κ2) is 31.7. The number of anilines is 4. The summed E-state index contributed by atoms with van der Waals surface area (Å²) >= 11 is 1.64. The molecule has 7 amide bonds. The van der Waals surface area contributed by atoms with Crippen molar-refractivity contribution < 1.29 is 57.0 Å². The summed E-state index contributed by atoms with van der Waals surface area (Å²) < 4.78 is 14.2. The Bertz CT molecular complexity index is 2790. The highest BCUT2D eigenvalue weighted by molar-refractivity contribution is 7.99. The molecule has 4 heterocycles. The van der Waals surface area contributed by atoms with Gasteiger partial charge < -0.3 is 36.1 Å². The van der Waals surface area contributed by atoms with Crippen LogP contribution in [-0.4, -0.2) is 155 Å². The van der Waals surface area contributed by atoms with E-state index in [1.54, 1.807) is 98.0 Å². The number of nitrogens with one attached hydrogen (secondary N) is 10. The van der Waals surface area contributed by atoms with Crippen LogP contribution in [0.2, 0.25) is 0 Å². The average molecular weight is 1140 g/mol. The van der Waals surface area contributed by atoms with Gasteiger partial charge in [0.1, 0.15) is 5.56 Å². The fraction of sp³-hybridized carbons (Fsp3) is 0.482. The SMILES string of the molecule is Cc1cc(NC(=O)C(C)(C)[n+]2cccc(CONCCSCCNC(=O)c3ccc[n+](C(C)(C)C(=O)Nc4ccc(NNC(=O)C(=O)NCCCN5CCOCC5)c(C)c4)c3)c2)ccc1NNC(=O)C(=O)NCCCN1CCOCC1. The molecule has 25 heteroatoms. The maximum absolute atomic E-state index is 13.6. The second-order valence-corrected chi connectivity index (χ2v) is 21.8. The second-order valence-electron chi connectivity index (χ2n) is 20.5. The molecule has 6 rings (SSSR count). The van der Waals surface area contributed by atoms with Crippen LogP contribution in [0, 0.1) is 13.8 Å². The minimum atomic E-state index is -1.09. The quantitative estimate of drug-likeness (QED) is 0.0167. The predicted molar refractivity (Wildman–Crippen MR) is 307 cm³/mol. The van der Waals surface area contributed by atoms with Crippen LogP contribution in [0.1, 0.15) is 67.6 Å². The van der Waals surface area contributed by atoms with E-state index in [2.05, 4.69) is 63.6 Å². The highest BCUT2D eigenvalue weighted by atomic mass is 32.2. The Morgan fingerprint density at radius 2 is 1.07 bits per heavy atom. The van der Waals surface area contributed by atoms with Crippen LogP contribution < -0.4 is 62.9 Å². The van der Waals surface area contributed by atoms with Crippen molar-refractivity contribution in [2.75, 3.05) is 125 Å². The number of pyridine rings is 2. The topological polar surface area (TPSA) is 282 Å². The number of rotatable bonds is 28. The van der Waals surface area contributed by atoms with E-state index in [0.717, 1.165) is 69.0 Å². The minimum Gasteiger partial charge on any atom is -0.379 e. The number of carbonyl (C=O) groups excluding carboxylic acids is 7. The lowest BCUT2D eigenvalue weighted by molar-refractivity contribution is -0.742. The molecule has 0 aliphatic carbocycles. The number of carbonyl (C=O) groups is 7. The predicted octanol–water partition coefficient (Wildman–Crippen LogP) is 1.37. The van der Waals surface area contributed by atoms with Crippen LogP contribution >= 0.6 is 11.8 Å². The molecule has 0 atom stereocenters. The summed E-state index contributed by atoms with van der Waals surface area (Å²) in [4.78, 5) is 100. The Morgan fingerprint density at radius 3 is 1.58 bits per heavy atom. The molecule has 0 saturated carbocycles. The summed E-state index contributed by atoms with van der Waals surface area (Å²) in [6.07, 6.45) is 8.49. The van der Waals surface area contributed by atoms with Crippen molar-refractivity contribution in [2.45, 2.75) is 72.1 Å². The van der Waals surface area contributed by atoms with Crippen molar-refractivity contribution in [2.24, 2.45) is 0 Å². The van der Waals surface area contributed by atoms with Gasteiger partial charge >= 0.3 is 23.6 Å². The molecule has 438 valence electrons. The first-order chi connectivity index (χ1) is 38.9. The number of hydrazine groups is 2. The number of hydroxylamine groups is 1. The van der Waals surface area contributed by atoms with Gasteiger partial charge in [0.15, 0.2) is 24.8 Å². The van der Waals surface area contributed by atoms with Crippen molar-refractivity contribution in [1.82, 2.24) is 42.1 Å². The molecule has 0 unspecified atom stereocenters. The van der Waals surface area contributed by atoms with Gasteiger partial charge in [-0.15, -0.1) is 0 Å². The van der Waals surface area contributed by atoms with E-state index in [1.165, 1.54) is 0 Å². The van der Waals surface area contributed by atoms with Crippen LogP contribution in [0.25, 0.3) is 0 Å². The Morgan fingerprint density at radius 1 is 0.593 bits per heavy atom. The minimum absolute atomic E-state index is 0.251. The zero-order valence-electron chi connectivity index (χ0n) is 47.3. The first-order valence-electron chi connectivity index (χ1n) is 27.3. The molecule has 2 fully saturated rings. The first kappa shape index (κ1) is 62.9. The summed E-state index contributed by atoms with van der Waals surface area (Å²) in [5.41, 5.74) is 16.2. The molecule has 2 aromatic heterocycles. The van der Waals surface area contributed by atoms with E-state index < -0.39 is 34.7 Å². The molecule has 0 spiro atoms. The van der Waals surface area contributed by atoms with Crippen molar-refractivity contribution >= 4 is 75.9 Å². The summed E-state index contributed by atoms with van der Waals surface area (Å²) in [6.45, 7) is 20.6. The van der Waals surface area contributed by atoms with Crippen molar-refractivity contribution in [3.05, 3.63) is 108 Å². The molecule has 2 aromatic carbocycles. The standard InChI is InChI=1S/C56H78N14O10S/c1-40-35-44(13-15-46(40)63-65-51(74)49(72)57-17-9-21-67-25-29-78-30-26-67)61-53(76)55(3,4)69-23-7-11-42(37-69)39-80-60-20-34-81-33-19-59-48(71)43-12-8-24-70(38-43)56(5,6)54(77)62-45-14-16-47(41(2)36-45)64-66-52(75)50(73)58-18-10-22-68-27-31-79-32-28-68/h7-8,11-16,23-24,35-38,60H,9-10,17-22,25-34,39H2,1-6H3,(H7-2,57,58,59,61,62,63,64,65,66,71,72,73,74,75,76,77)/p+2. The zero-order chi connectivity index (χ0) is 58.2. The van der Waals surface area contributed by atoms with E-state index in [4.69, 9.17) is 14.3 Å². The monoisotopic (exact) mass is 1140 g/mol. The van der Waals surface area contributed by atoms with Crippen LogP contribution in [-0.2, 0) is 60.8 Å². The molecule has 0 bridgehead atoms. The third-order valence-corrected chi connectivity index (χ3v) is 14.6. The number of hydrogen-bond acceptors (Lipinski definition) is 16. The van der Waals surface area contributed by atoms with Gasteiger partial charge in [0.2, 0.25) is 11.1 Å². The van der Waals surface area contributed by atoms with E-state index in [-0.39, 0.29) is 24.3 Å². The highest BCUT2D eigenvalue weighted by Crippen LogP contribution is 2.23. The van der Waals surface area contributed by atoms with Gasteiger partial charge in [0.25, 0.3) is 17.7 Å². The number of aryl methyl sites for hydroxylation is 2. The maximum Gasteiger partial charge on any atom is 0.327 e. The van der Waals surface area contributed by atoms with E-state index in [9.17, 15) is 33.6 Å². The number of ether oxygens (including phenoxy) is 2. The van der Waals surface area contributed by atoms with Gasteiger partial charge in [0, 0.05) is 121 Å². The Kier molecular flexibility index (Phi) is 24.6. The Hall–Kier alpha value is -7.26. The Labute approximate surface area is 477 Å². The van der Waals surface area contributed by atoms with Gasteiger partial charge in [0.05, 0.1) is 44.4 Å². The van der Waals surface area contributed by atoms with E-state index in [0.29, 0.717) is 92.2 Å². The van der Waals surface area contributed by atoms with Crippen molar-refractivity contribution in [3.8, 4) is 0 Å². The molecule has 24 nitrogen and oxygen atoms in total. The van der Waals surface area contributed by atoms with Crippen molar-refractivity contribution in [3.63, 3.8) is 0 Å². The van der Waals surface area contributed by atoms with Crippen LogP contribution in [0.5, 0.6) is 0 Å². The van der Waals surface area contributed by atoms with Gasteiger partial charge in [-0.25, -0.2) is 5.48 Å². The number of benzene rings is 2. The molecule has 81 heavy (non-hydrogen) atoms. The van der Waals surface area contributed by atoms with Crippen molar-refractivity contribution in [1.29, 1.82) is 0 Å². The van der Waals surface area contributed by atoms with Gasteiger partial charge in [-0.2, -0.15) is 20.9 Å².